The monoisotopic (exact) mass is 164 g/mol. The molecule has 4 fully saturated rings. The van der Waals surface area contributed by atoms with Crippen LogP contribution < -0.4 is 0 Å². The van der Waals surface area contributed by atoms with Crippen LogP contribution in [0.5, 0.6) is 0 Å². The minimum atomic E-state index is 0.497. The van der Waals surface area contributed by atoms with Gasteiger partial charge in [-0.3, -0.25) is 4.79 Å². The number of carbonyl (C=O) groups is 1. The second-order valence-corrected chi connectivity index (χ2v) is 5.11. The minimum Gasteiger partial charge on any atom is -0.299 e. The Balaban J connectivity index is 1.77. The molecule has 1 heteroatoms. The summed E-state index contributed by atoms with van der Waals surface area (Å²) in [5.74, 6) is 2.12. The standard InChI is InChI=1S/C11H16O/c12-10-4-2-1-3-9(10)11-5-8(6-11)7-11/h8-9H,1-7H2. The molecule has 4 aliphatic rings. The summed E-state index contributed by atoms with van der Waals surface area (Å²) >= 11 is 0. The van der Waals surface area contributed by atoms with Gasteiger partial charge in [-0.2, -0.15) is 0 Å². The first-order chi connectivity index (χ1) is 5.80. The molecule has 2 bridgehead atoms. The van der Waals surface area contributed by atoms with Crippen LogP contribution in [0.4, 0.5) is 0 Å². The van der Waals surface area contributed by atoms with Crippen molar-refractivity contribution >= 4 is 5.78 Å². The van der Waals surface area contributed by atoms with Crippen molar-refractivity contribution in [3.8, 4) is 0 Å². The van der Waals surface area contributed by atoms with Gasteiger partial charge < -0.3 is 0 Å². The predicted molar refractivity (Wildman–Crippen MR) is 46.7 cm³/mol. The van der Waals surface area contributed by atoms with Crippen molar-refractivity contribution in [3.05, 3.63) is 0 Å². The van der Waals surface area contributed by atoms with Crippen molar-refractivity contribution in [1.82, 2.24) is 0 Å². The zero-order valence-corrected chi connectivity index (χ0v) is 7.51. The summed E-state index contributed by atoms with van der Waals surface area (Å²) in [5, 5.41) is 0. The van der Waals surface area contributed by atoms with E-state index in [9.17, 15) is 4.79 Å². The van der Waals surface area contributed by atoms with Gasteiger partial charge in [-0.1, -0.05) is 6.42 Å². The molecule has 12 heavy (non-hydrogen) atoms. The highest BCUT2D eigenvalue weighted by molar-refractivity contribution is 5.83. The molecule has 0 heterocycles. The van der Waals surface area contributed by atoms with Gasteiger partial charge in [0, 0.05) is 12.3 Å². The van der Waals surface area contributed by atoms with E-state index in [0.717, 1.165) is 18.8 Å². The first-order valence-corrected chi connectivity index (χ1v) is 5.33. The molecule has 0 aromatic heterocycles. The average molecular weight is 164 g/mol. The van der Waals surface area contributed by atoms with E-state index in [4.69, 9.17) is 0 Å². The molecule has 4 rings (SSSR count). The molecule has 0 N–H and O–H groups in total. The Hall–Kier alpha value is -0.330. The number of hydrogen-bond donors (Lipinski definition) is 0. The third kappa shape index (κ3) is 0.725. The largest absolute Gasteiger partial charge is 0.299 e. The number of ketones is 1. The highest BCUT2D eigenvalue weighted by Crippen LogP contribution is 2.69. The summed E-state index contributed by atoms with van der Waals surface area (Å²) in [6.07, 6.45) is 8.75. The molecule has 0 aliphatic heterocycles. The van der Waals surface area contributed by atoms with Crippen LogP contribution in [0.1, 0.15) is 44.9 Å². The van der Waals surface area contributed by atoms with Crippen LogP contribution in [0.25, 0.3) is 0 Å². The molecule has 0 aromatic carbocycles. The van der Waals surface area contributed by atoms with Crippen molar-refractivity contribution in [2.24, 2.45) is 17.3 Å². The summed E-state index contributed by atoms with van der Waals surface area (Å²) in [6, 6.07) is 0. The lowest BCUT2D eigenvalue weighted by Gasteiger charge is -2.65. The maximum Gasteiger partial charge on any atom is 0.136 e. The van der Waals surface area contributed by atoms with Crippen molar-refractivity contribution in [2.45, 2.75) is 44.9 Å². The third-order valence-electron chi connectivity index (χ3n) is 4.38. The lowest BCUT2D eigenvalue weighted by Crippen LogP contribution is -2.58. The predicted octanol–water partition coefficient (Wildman–Crippen LogP) is 2.55. The molecule has 1 unspecified atom stereocenters. The van der Waals surface area contributed by atoms with Gasteiger partial charge in [0.2, 0.25) is 0 Å². The Bertz CT molecular complexity index is 214. The van der Waals surface area contributed by atoms with Crippen LogP contribution in [0.15, 0.2) is 0 Å². The third-order valence-corrected chi connectivity index (χ3v) is 4.38. The summed E-state index contributed by atoms with van der Waals surface area (Å²) in [6.45, 7) is 0. The minimum absolute atomic E-state index is 0.497. The van der Waals surface area contributed by atoms with Gasteiger partial charge >= 0.3 is 0 Å². The lowest BCUT2D eigenvalue weighted by atomic mass is 9.39. The topological polar surface area (TPSA) is 17.1 Å². The van der Waals surface area contributed by atoms with Crippen LogP contribution >= 0.6 is 0 Å². The van der Waals surface area contributed by atoms with E-state index in [2.05, 4.69) is 0 Å². The van der Waals surface area contributed by atoms with E-state index in [1.165, 1.54) is 32.1 Å². The molecule has 1 atom stereocenters. The van der Waals surface area contributed by atoms with Crippen LogP contribution in [0.2, 0.25) is 0 Å². The van der Waals surface area contributed by atoms with Gasteiger partial charge in [-0.25, -0.2) is 0 Å². The maximum absolute atomic E-state index is 11.7. The molecule has 0 spiro atoms. The molecule has 0 aromatic rings. The molecular weight excluding hydrogens is 148 g/mol. The van der Waals surface area contributed by atoms with Gasteiger partial charge in [-0.05, 0) is 43.4 Å². The Morgan fingerprint density at radius 2 is 1.92 bits per heavy atom. The van der Waals surface area contributed by atoms with Gasteiger partial charge in [0.05, 0.1) is 0 Å². The van der Waals surface area contributed by atoms with Crippen molar-refractivity contribution in [3.63, 3.8) is 0 Å². The first kappa shape index (κ1) is 7.11. The molecular formula is C11H16O. The number of Topliss-reactive ketones (excluding diaryl/α,β-unsaturated/α-hetero) is 1. The van der Waals surface area contributed by atoms with E-state index >= 15 is 0 Å². The smallest absolute Gasteiger partial charge is 0.136 e. The fourth-order valence-corrected chi connectivity index (χ4v) is 3.60. The molecule has 0 radical (unpaired) electrons. The molecule has 4 saturated carbocycles. The van der Waals surface area contributed by atoms with Gasteiger partial charge in [0.25, 0.3) is 0 Å². The highest BCUT2D eigenvalue weighted by Gasteiger charge is 2.61. The van der Waals surface area contributed by atoms with E-state index in [-0.39, 0.29) is 0 Å². The summed E-state index contributed by atoms with van der Waals surface area (Å²) < 4.78 is 0. The van der Waals surface area contributed by atoms with Gasteiger partial charge in [0.1, 0.15) is 5.78 Å². The van der Waals surface area contributed by atoms with Crippen molar-refractivity contribution in [1.29, 1.82) is 0 Å². The first-order valence-electron chi connectivity index (χ1n) is 5.33. The number of carbonyl (C=O) groups excluding carboxylic acids is 1. The van der Waals surface area contributed by atoms with Crippen LogP contribution in [0.3, 0.4) is 0 Å². The summed E-state index contributed by atoms with van der Waals surface area (Å²) in [4.78, 5) is 11.7. The zero-order chi connectivity index (χ0) is 8.18. The van der Waals surface area contributed by atoms with E-state index in [1.807, 2.05) is 0 Å². The van der Waals surface area contributed by atoms with Crippen molar-refractivity contribution < 1.29 is 4.79 Å². The molecule has 0 amide bonds. The van der Waals surface area contributed by atoms with E-state index < -0.39 is 0 Å². The molecule has 1 nitrogen and oxygen atoms in total. The molecule has 0 saturated heterocycles. The quantitative estimate of drug-likeness (QED) is 0.582. The molecule has 4 aliphatic carbocycles. The van der Waals surface area contributed by atoms with E-state index in [1.54, 1.807) is 0 Å². The fraction of sp³-hybridized carbons (Fsp3) is 0.909. The van der Waals surface area contributed by atoms with Crippen LogP contribution in [0, 0.1) is 17.3 Å². The van der Waals surface area contributed by atoms with Crippen molar-refractivity contribution in [2.75, 3.05) is 0 Å². The SMILES string of the molecule is O=C1CCCCC1C12CC(C1)C2. The zero-order valence-electron chi connectivity index (χ0n) is 7.51. The van der Waals surface area contributed by atoms with Crippen LogP contribution in [-0.4, -0.2) is 5.78 Å². The van der Waals surface area contributed by atoms with E-state index in [0.29, 0.717) is 17.1 Å². The second-order valence-electron chi connectivity index (χ2n) is 5.11. The van der Waals surface area contributed by atoms with Gasteiger partial charge in [0.15, 0.2) is 0 Å². The Morgan fingerprint density at radius 1 is 1.17 bits per heavy atom. The Labute approximate surface area is 73.5 Å². The fourth-order valence-electron chi connectivity index (χ4n) is 3.60. The average Bonchev–Trinajstić information content (AvgIpc) is 1.87. The summed E-state index contributed by atoms with van der Waals surface area (Å²) in [5.41, 5.74) is 0.558. The second kappa shape index (κ2) is 2.12. The Morgan fingerprint density at radius 3 is 2.42 bits per heavy atom. The summed E-state index contributed by atoms with van der Waals surface area (Å²) in [7, 11) is 0. The van der Waals surface area contributed by atoms with Gasteiger partial charge in [-0.15, -0.1) is 0 Å². The number of rotatable bonds is 1. The molecule has 66 valence electrons. The Kier molecular flexibility index (Phi) is 1.26. The highest BCUT2D eigenvalue weighted by atomic mass is 16.1. The normalized spacial score (nSPS) is 51.2. The maximum atomic E-state index is 11.7. The number of hydrogen-bond acceptors (Lipinski definition) is 1. The van der Waals surface area contributed by atoms with Crippen LogP contribution in [-0.2, 0) is 4.79 Å². The lowest BCUT2D eigenvalue weighted by molar-refractivity contribution is -0.171.